The fourth-order valence-electron chi connectivity index (χ4n) is 1.67. The molecule has 1 fully saturated rings. The number of hydrogen-bond acceptors (Lipinski definition) is 2. The molecule has 1 aliphatic carbocycles. The van der Waals surface area contributed by atoms with E-state index in [-0.39, 0.29) is 11.8 Å². The Kier molecular flexibility index (Phi) is 3.79. The van der Waals surface area contributed by atoms with Gasteiger partial charge in [0.05, 0.1) is 0 Å². The molecule has 0 unspecified atom stereocenters. The number of carbonyl (C=O) groups is 1. The van der Waals surface area contributed by atoms with Crippen molar-refractivity contribution in [2.75, 3.05) is 5.32 Å². The summed E-state index contributed by atoms with van der Waals surface area (Å²) in [6.45, 7) is 5.09. The normalized spacial score (nSPS) is 15.0. The van der Waals surface area contributed by atoms with Gasteiger partial charge in [-0.15, -0.1) is 0 Å². The lowest BCUT2D eigenvalue weighted by molar-refractivity contribution is -0.117. The minimum atomic E-state index is 0.166. The second-order valence-corrected chi connectivity index (χ2v) is 5.00. The van der Waals surface area contributed by atoms with Crippen molar-refractivity contribution in [3.63, 3.8) is 0 Å². The molecule has 0 heterocycles. The van der Waals surface area contributed by atoms with Gasteiger partial charge in [-0.1, -0.05) is 26.0 Å². The minimum absolute atomic E-state index is 0.166. The first-order valence-electron chi connectivity index (χ1n) is 6.28. The molecule has 3 heteroatoms. The molecule has 1 aliphatic rings. The number of carbonyl (C=O) groups excluding carboxylic acids is 1. The van der Waals surface area contributed by atoms with Crippen molar-refractivity contribution in [3.8, 4) is 0 Å². The first-order chi connectivity index (χ1) is 8.15. The summed E-state index contributed by atoms with van der Waals surface area (Å²) in [5.74, 6) is 0.423. The Labute approximate surface area is 103 Å². The lowest BCUT2D eigenvalue weighted by atomic mass is 10.2. The van der Waals surface area contributed by atoms with Crippen molar-refractivity contribution in [3.05, 3.63) is 29.8 Å². The van der Waals surface area contributed by atoms with Gasteiger partial charge in [0.1, 0.15) is 0 Å². The third-order valence-corrected chi connectivity index (χ3v) is 2.86. The van der Waals surface area contributed by atoms with Crippen LogP contribution in [0, 0.1) is 5.92 Å². The molecule has 92 valence electrons. The van der Waals surface area contributed by atoms with Gasteiger partial charge in [0.15, 0.2) is 0 Å². The molecule has 0 spiro atoms. The highest BCUT2D eigenvalue weighted by atomic mass is 16.2. The second kappa shape index (κ2) is 5.32. The van der Waals surface area contributed by atoms with Crippen LogP contribution < -0.4 is 10.6 Å². The Morgan fingerprint density at radius 3 is 2.82 bits per heavy atom. The zero-order valence-corrected chi connectivity index (χ0v) is 10.5. The summed E-state index contributed by atoms with van der Waals surface area (Å²) in [4.78, 5) is 11.6. The van der Waals surface area contributed by atoms with Crippen LogP contribution in [0.4, 0.5) is 5.69 Å². The van der Waals surface area contributed by atoms with E-state index >= 15 is 0 Å². The summed E-state index contributed by atoms with van der Waals surface area (Å²) >= 11 is 0. The maximum atomic E-state index is 11.6. The lowest BCUT2D eigenvalue weighted by Crippen LogP contribution is -2.22. The summed E-state index contributed by atoms with van der Waals surface area (Å²) < 4.78 is 0. The van der Waals surface area contributed by atoms with E-state index in [4.69, 9.17) is 0 Å². The van der Waals surface area contributed by atoms with Crippen LogP contribution in [-0.2, 0) is 11.3 Å². The van der Waals surface area contributed by atoms with E-state index < -0.39 is 0 Å². The average Bonchev–Trinajstić information content (AvgIpc) is 3.10. The van der Waals surface area contributed by atoms with Gasteiger partial charge in [-0.3, -0.25) is 4.79 Å². The molecular weight excluding hydrogens is 212 g/mol. The van der Waals surface area contributed by atoms with Crippen LogP contribution in [0.15, 0.2) is 24.3 Å². The molecule has 0 bridgehead atoms. The van der Waals surface area contributed by atoms with E-state index in [0.717, 1.165) is 25.1 Å². The monoisotopic (exact) mass is 232 g/mol. The van der Waals surface area contributed by atoms with Gasteiger partial charge in [-0.05, 0) is 30.5 Å². The average molecular weight is 232 g/mol. The molecule has 0 atom stereocenters. The zero-order chi connectivity index (χ0) is 12.3. The van der Waals surface area contributed by atoms with Crippen molar-refractivity contribution in [1.82, 2.24) is 5.32 Å². The third kappa shape index (κ3) is 3.86. The van der Waals surface area contributed by atoms with E-state index in [2.05, 4.69) is 30.5 Å². The number of amides is 1. The summed E-state index contributed by atoms with van der Waals surface area (Å²) in [6, 6.07) is 8.51. The number of anilines is 1. The maximum Gasteiger partial charge on any atom is 0.227 e. The predicted octanol–water partition coefficient (Wildman–Crippen LogP) is 2.53. The van der Waals surface area contributed by atoms with E-state index in [1.807, 2.05) is 18.2 Å². The fraction of sp³-hybridized carbons (Fsp3) is 0.500. The van der Waals surface area contributed by atoms with E-state index in [1.54, 1.807) is 0 Å². The van der Waals surface area contributed by atoms with E-state index in [9.17, 15) is 4.79 Å². The Balaban J connectivity index is 1.93. The fourth-order valence-corrected chi connectivity index (χ4v) is 1.67. The molecule has 0 aliphatic heterocycles. The topological polar surface area (TPSA) is 41.1 Å². The van der Waals surface area contributed by atoms with Crippen LogP contribution >= 0.6 is 0 Å². The van der Waals surface area contributed by atoms with Crippen LogP contribution in [0.5, 0.6) is 0 Å². The van der Waals surface area contributed by atoms with Gasteiger partial charge in [-0.2, -0.15) is 0 Å². The highest BCUT2D eigenvalue weighted by Gasteiger charge is 2.29. The Morgan fingerprint density at radius 2 is 2.18 bits per heavy atom. The third-order valence-electron chi connectivity index (χ3n) is 2.86. The molecule has 3 nitrogen and oxygen atoms in total. The smallest absolute Gasteiger partial charge is 0.227 e. The first-order valence-corrected chi connectivity index (χ1v) is 6.28. The Morgan fingerprint density at radius 1 is 1.41 bits per heavy atom. The van der Waals surface area contributed by atoms with Gasteiger partial charge in [-0.25, -0.2) is 0 Å². The van der Waals surface area contributed by atoms with Crippen LogP contribution in [0.25, 0.3) is 0 Å². The van der Waals surface area contributed by atoms with Gasteiger partial charge in [0, 0.05) is 24.2 Å². The highest BCUT2D eigenvalue weighted by molar-refractivity contribution is 5.94. The largest absolute Gasteiger partial charge is 0.326 e. The summed E-state index contributed by atoms with van der Waals surface area (Å²) in [7, 11) is 0. The van der Waals surface area contributed by atoms with E-state index in [0.29, 0.717) is 6.04 Å². The predicted molar refractivity (Wildman–Crippen MR) is 69.8 cm³/mol. The van der Waals surface area contributed by atoms with Crippen molar-refractivity contribution in [2.24, 2.45) is 5.92 Å². The Bertz CT molecular complexity index is 397. The summed E-state index contributed by atoms with van der Waals surface area (Å²) in [5, 5.41) is 6.33. The molecule has 0 aromatic heterocycles. The molecule has 2 rings (SSSR count). The van der Waals surface area contributed by atoms with Crippen LogP contribution in [-0.4, -0.2) is 11.9 Å². The van der Waals surface area contributed by atoms with Crippen molar-refractivity contribution < 1.29 is 4.79 Å². The molecule has 17 heavy (non-hydrogen) atoms. The van der Waals surface area contributed by atoms with Gasteiger partial charge >= 0.3 is 0 Å². The molecule has 0 saturated heterocycles. The molecule has 2 N–H and O–H groups in total. The molecule has 1 aromatic carbocycles. The molecule has 1 saturated carbocycles. The highest BCUT2D eigenvalue weighted by Crippen LogP contribution is 2.30. The van der Waals surface area contributed by atoms with Crippen molar-refractivity contribution >= 4 is 11.6 Å². The molecule has 1 aromatic rings. The number of rotatable bonds is 5. The van der Waals surface area contributed by atoms with Crippen LogP contribution in [0.1, 0.15) is 32.3 Å². The number of nitrogens with one attached hydrogen (secondary N) is 2. The van der Waals surface area contributed by atoms with Crippen molar-refractivity contribution in [1.29, 1.82) is 0 Å². The maximum absolute atomic E-state index is 11.6. The lowest BCUT2D eigenvalue weighted by Gasteiger charge is -2.10. The molecule has 0 radical (unpaired) electrons. The number of hydrogen-bond donors (Lipinski definition) is 2. The van der Waals surface area contributed by atoms with Gasteiger partial charge < -0.3 is 10.6 Å². The summed E-state index contributed by atoms with van der Waals surface area (Å²) in [6.07, 6.45) is 2.08. The Hall–Kier alpha value is -1.35. The van der Waals surface area contributed by atoms with Gasteiger partial charge in [0.2, 0.25) is 5.91 Å². The zero-order valence-electron chi connectivity index (χ0n) is 10.5. The van der Waals surface area contributed by atoms with Crippen molar-refractivity contribution in [2.45, 2.75) is 39.3 Å². The summed E-state index contributed by atoms with van der Waals surface area (Å²) in [5.41, 5.74) is 2.11. The quantitative estimate of drug-likeness (QED) is 0.819. The minimum Gasteiger partial charge on any atom is -0.326 e. The van der Waals surface area contributed by atoms with Gasteiger partial charge in [0.25, 0.3) is 0 Å². The van der Waals surface area contributed by atoms with E-state index in [1.165, 1.54) is 5.56 Å². The molecule has 1 amide bonds. The molecular formula is C14H20N2O. The second-order valence-electron chi connectivity index (χ2n) is 5.00. The number of benzene rings is 1. The van der Waals surface area contributed by atoms with Crippen LogP contribution in [0.2, 0.25) is 0 Å². The standard InChI is InChI=1S/C14H20N2O/c1-10(2)15-9-11-4-3-5-13(8-11)16-14(17)12-6-7-12/h3-5,8,10,12,15H,6-7,9H2,1-2H3,(H,16,17). The van der Waals surface area contributed by atoms with Crippen LogP contribution in [0.3, 0.4) is 0 Å². The SMILES string of the molecule is CC(C)NCc1cccc(NC(=O)C2CC2)c1. The first kappa shape index (κ1) is 12.1.